The molecule has 0 radical (unpaired) electrons. The summed E-state index contributed by atoms with van der Waals surface area (Å²) < 4.78 is 4.50. The molecule has 0 saturated carbocycles. The summed E-state index contributed by atoms with van der Waals surface area (Å²) in [6.45, 7) is 4.88. The molecule has 1 aromatic carbocycles. The minimum absolute atomic E-state index is 0.668. The van der Waals surface area contributed by atoms with Gasteiger partial charge in [0.05, 0.1) is 6.54 Å². The molecule has 0 spiro atoms. The highest BCUT2D eigenvalue weighted by atomic mass is 35.5. The first kappa shape index (κ1) is 12.3. The third-order valence-electron chi connectivity index (χ3n) is 2.54. The lowest BCUT2D eigenvalue weighted by Crippen LogP contribution is -2.17. The van der Waals surface area contributed by atoms with Gasteiger partial charge in [-0.2, -0.15) is 0 Å². The number of halogens is 1. The van der Waals surface area contributed by atoms with Crippen LogP contribution in [0.2, 0.25) is 4.34 Å². The first-order valence-electron chi connectivity index (χ1n) is 5.32. The molecule has 2 rings (SSSR count). The van der Waals surface area contributed by atoms with E-state index in [1.54, 1.807) is 0 Å². The summed E-state index contributed by atoms with van der Waals surface area (Å²) in [5.74, 6) is 0. The van der Waals surface area contributed by atoms with Gasteiger partial charge in [-0.15, -0.1) is 5.10 Å². The highest BCUT2D eigenvalue weighted by Crippen LogP contribution is 2.23. The molecule has 2 aromatic rings. The van der Waals surface area contributed by atoms with Gasteiger partial charge in [0.15, 0.2) is 0 Å². The van der Waals surface area contributed by atoms with Crippen LogP contribution in [0, 0.1) is 13.8 Å². The van der Waals surface area contributed by atoms with Crippen molar-refractivity contribution in [2.24, 2.45) is 0 Å². The zero-order valence-corrected chi connectivity index (χ0v) is 11.6. The van der Waals surface area contributed by atoms with Crippen molar-refractivity contribution in [2.45, 2.75) is 20.4 Å². The van der Waals surface area contributed by atoms with Crippen molar-refractivity contribution >= 4 is 28.8 Å². The Kier molecular flexibility index (Phi) is 3.64. The topological polar surface area (TPSA) is 29.0 Å². The monoisotopic (exact) mass is 267 g/mol. The van der Waals surface area contributed by atoms with E-state index in [1.165, 1.54) is 28.3 Å². The van der Waals surface area contributed by atoms with Gasteiger partial charge in [0, 0.05) is 24.3 Å². The third-order valence-corrected chi connectivity index (χ3v) is 3.53. The van der Waals surface area contributed by atoms with Crippen molar-refractivity contribution in [3.05, 3.63) is 39.4 Å². The van der Waals surface area contributed by atoms with E-state index in [0.29, 0.717) is 10.9 Å². The number of hydrogen-bond donors (Lipinski definition) is 0. The maximum Gasteiger partial charge on any atom is 0.139 e. The number of rotatable bonds is 3. The van der Waals surface area contributed by atoms with E-state index >= 15 is 0 Å². The van der Waals surface area contributed by atoms with Crippen LogP contribution in [0.5, 0.6) is 0 Å². The lowest BCUT2D eigenvalue weighted by atomic mass is 10.1. The zero-order valence-electron chi connectivity index (χ0n) is 10.1. The van der Waals surface area contributed by atoms with Gasteiger partial charge in [0.2, 0.25) is 0 Å². The molecule has 0 aliphatic rings. The van der Waals surface area contributed by atoms with E-state index in [9.17, 15) is 0 Å². The normalized spacial score (nSPS) is 10.6. The molecule has 0 amide bonds. The molecule has 0 saturated heterocycles. The van der Waals surface area contributed by atoms with Gasteiger partial charge in [-0.25, -0.2) is 0 Å². The van der Waals surface area contributed by atoms with Crippen molar-refractivity contribution in [2.75, 3.05) is 11.9 Å². The van der Waals surface area contributed by atoms with Gasteiger partial charge >= 0.3 is 0 Å². The smallest absolute Gasteiger partial charge is 0.139 e. The van der Waals surface area contributed by atoms with E-state index in [2.05, 4.69) is 46.5 Å². The van der Waals surface area contributed by atoms with Crippen LogP contribution in [0.25, 0.3) is 0 Å². The quantitative estimate of drug-likeness (QED) is 0.853. The van der Waals surface area contributed by atoms with Crippen molar-refractivity contribution in [1.82, 2.24) is 9.59 Å². The molecule has 0 fully saturated rings. The van der Waals surface area contributed by atoms with E-state index < -0.39 is 0 Å². The average molecular weight is 268 g/mol. The van der Waals surface area contributed by atoms with Crippen LogP contribution in [0.15, 0.2) is 18.2 Å². The minimum Gasteiger partial charge on any atom is -0.369 e. The largest absolute Gasteiger partial charge is 0.369 e. The maximum atomic E-state index is 6.00. The Hall–Kier alpha value is -1.13. The van der Waals surface area contributed by atoms with Gasteiger partial charge in [0.1, 0.15) is 10.0 Å². The van der Waals surface area contributed by atoms with Crippen molar-refractivity contribution in [3.63, 3.8) is 0 Å². The highest BCUT2D eigenvalue weighted by Gasteiger charge is 2.09. The average Bonchev–Trinajstić information content (AvgIpc) is 2.63. The first-order chi connectivity index (χ1) is 8.06. The van der Waals surface area contributed by atoms with Crippen LogP contribution >= 0.6 is 23.1 Å². The summed E-state index contributed by atoms with van der Waals surface area (Å²) in [4.78, 5) is 2.13. The predicted molar refractivity (Wildman–Crippen MR) is 72.9 cm³/mol. The Morgan fingerprint density at radius 1 is 1.24 bits per heavy atom. The van der Waals surface area contributed by atoms with Crippen LogP contribution in [-0.2, 0) is 6.54 Å². The Balaban J connectivity index is 2.20. The molecule has 3 nitrogen and oxygen atoms in total. The molecule has 1 heterocycles. The van der Waals surface area contributed by atoms with Crippen LogP contribution in [0.3, 0.4) is 0 Å². The number of aryl methyl sites for hydroxylation is 2. The lowest BCUT2D eigenvalue weighted by molar-refractivity contribution is 0.871. The van der Waals surface area contributed by atoms with Crippen molar-refractivity contribution < 1.29 is 0 Å². The second-order valence-electron chi connectivity index (χ2n) is 4.20. The zero-order chi connectivity index (χ0) is 12.4. The van der Waals surface area contributed by atoms with E-state index in [-0.39, 0.29) is 0 Å². The Bertz CT molecular complexity index is 504. The fraction of sp³-hybridized carbons (Fsp3) is 0.333. The molecule has 5 heteroatoms. The van der Waals surface area contributed by atoms with E-state index in [0.717, 1.165) is 5.69 Å². The molecule has 0 aliphatic carbocycles. The van der Waals surface area contributed by atoms with Crippen LogP contribution in [0.4, 0.5) is 5.69 Å². The van der Waals surface area contributed by atoms with Gasteiger partial charge in [-0.3, -0.25) is 0 Å². The molecule has 0 unspecified atom stereocenters. The number of nitrogens with zero attached hydrogens (tertiary/aromatic N) is 3. The standard InChI is InChI=1S/C12H14ClN3S/c1-8-4-9(2)6-10(5-8)16(3)7-11-12(13)17-15-14-11/h4-6H,7H2,1-3H3. The first-order valence-corrected chi connectivity index (χ1v) is 6.47. The minimum atomic E-state index is 0.668. The predicted octanol–water partition coefficient (Wildman–Crippen LogP) is 3.44. The summed E-state index contributed by atoms with van der Waals surface area (Å²) in [7, 11) is 2.03. The van der Waals surface area contributed by atoms with E-state index in [4.69, 9.17) is 11.6 Å². The second kappa shape index (κ2) is 5.02. The number of aromatic nitrogens is 2. The van der Waals surface area contributed by atoms with Gasteiger partial charge in [0.25, 0.3) is 0 Å². The highest BCUT2D eigenvalue weighted by molar-refractivity contribution is 7.10. The number of hydrogen-bond acceptors (Lipinski definition) is 4. The molecular weight excluding hydrogens is 254 g/mol. The van der Waals surface area contributed by atoms with Crippen LogP contribution < -0.4 is 4.90 Å². The molecule has 0 N–H and O–H groups in total. The summed E-state index contributed by atoms with van der Waals surface area (Å²) >= 11 is 7.23. The Morgan fingerprint density at radius 2 is 1.88 bits per heavy atom. The third kappa shape index (κ3) is 2.96. The van der Waals surface area contributed by atoms with Gasteiger partial charge < -0.3 is 4.90 Å². The lowest BCUT2D eigenvalue weighted by Gasteiger charge is -2.19. The maximum absolute atomic E-state index is 6.00. The summed E-state index contributed by atoms with van der Waals surface area (Å²) in [6.07, 6.45) is 0. The Morgan fingerprint density at radius 3 is 2.41 bits per heavy atom. The molecular formula is C12H14ClN3S. The van der Waals surface area contributed by atoms with Crippen molar-refractivity contribution in [3.8, 4) is 0 Å². The molecule has 1 aromatic heterocycles. The van der Waals surface area contributed by atoms with Crippen LogP contribution in [-0.4, -0.2) is 16.6 Å². The van der Waals surface area contributed by atoms with E-state index in [1.807, 2.05) is 7.05 Å². The number of anilines is 1. The molecule has 90 valence electrons. The molecule has 0 bridgehead atoms. The molecule has 0 atom stereocenters. The van der Waals surface area contributed by atoms with Crippen molar-refractivity contribution in [1.29, 1.82) is 0 Å². The summed E-state index contributed by atoms with van der Waals surface area (Å²) in [5.41, 5.74) is 4.52. The van der Waals surface area contributed by atoms with Gasteiger partial charge in [-0.1, -0.05) is 22.2 Å². The Labute approximate surface area is 110 Å². The molecule has 0 aliphatic heterocycles. The van der Waals surface area contributed by atoms with Gasteiger partial charge in [-0.05, 0) is 37.1 Å². The fourth-order valence-electron chi connectivity index (χ4n) is 1.78. The number of benzene rings is 1. The SMILES string of the molecule is Cc1cc(C)cc(N(C)Cc2nnsc2Cl)c1. The van der Waals surface area contributed by atoms with Crippen LogP contribution in [0.1, 0.15) is 16.8 Å². The fourth-order valence-corrected chi connectivity index (χ4v) is 2.39. The summed E-state index contributed by atoms with van der Waals surface area (Å²) in [5, 5.41) is 4.02. The summed E-state index contributed by atoms with van der Waals surface area (Å²) in [6, 6.07) is 6.47. The second-order valence-corrected chi connectivity index (χ2v) is 5.55. The molecule has 17 heavy (non-hydrogen) atoms.